The van der Waals surface area contributed by atoms with Crippen LogP contribution >= 0.6 is 11.8 Å². The van der Waals surface area contributed by atoms with Crippen molar-refractivity contribution in [3.05, 3.63) is 64.8 Å². The minimum absolute atomic E-state index is 0.0264. The summed E-state index contributed by atoms with van der Waals surface area (Å²) in [6.07, 6.45) is 2.13. The fourth-order valence-electron chi connectivity index (χ4n) is 3.48. The Kier molecular flexibility index (Phi) is 3.65. The highest BCUT2D eigenvalue weighted by atomic mass is 32.2. The number of benzene rings is 2. The number of fused-ring (bicyclic) bond motifs is 3. The van der Waals surface area contributed by atoms with E-state index in [0.29, 0.717) is 0 Å². The molecule has 0 saturated carbocycles. The molecule has 0 saturated heterocycles. The number of thioether (sulfide) groups is 1. The van der Waals surface area contributed by atoms with Gasteiger partial charge in [-0.3, -0.25) is 0 Å². The van der Waals surface area contributed by atoms with Gasteiger partial charge < -0.3 is 5.32 Å². The second-order valence-electron chi connectivity index (χ2n) is 6.44. The highest BCUT2D eigenvalue weighted by Crippen LogP contribution is 2.41. The van der Waals surface area contributed by atoms with E-state index < -0.39 is 0 Å². The molecule has 4 heteroatoms. The molecule has 2 heterocycles. The molecule has 122 valence electrons. The summed E-state index contributed by atoms with van der Waals surface area (Å²) >= 11 is 1.76. The van der Waals surface area contributed by atoms with E-state index in [4.69, 9.17) is 5.10 Å². The minimum atomic E-state index is 0.0264. The van der Waals surface area contributed by atoms with Gasteiger partial charge in [-0.15, -0.1) is 11.8 Å². The SMILES string of the molecule is CSc1ccc([C@@H]2Nc3c(C)cc(C)cc3-c3cc(C)nn32)cc1. The molecule has 1 aliphatic heterocycles. The van der Waals surface area contributed by atoms with Crippen molar-refractivity contribution in [2.45, 2.75) is 31.8 Å². The van der Waals surface area contributed by atoms with Crippen LogP contribution in [0.15, 0.2) is 47.4 Å². The number of hydrogen-bond acceptors (Lipinski definition) is 3. The van der Waals surface area contributed by atoms with Crippen molar-refractivity contribution in [2.24, 2.45) is 0 Å². The zero-order valence-electron chi connectivity index (χ0n) is 14.4. The maximum absolute atomic E-state index is 4.76. The average Bonchev–Trinajstić information content (AvgIpc) is 2.96. The molecule has 0 spiro atoms. The first-order valence-electron chi connectivity index (χ1n) is 8.15. The molecular formula is C20H21N3S. The normalized spacial score (nSPS) is 15.6. The van der Waals surface area contributed by atoms with Gasteiger partial charge in [-0.1, -0.05) is 23.8 Å². The third kappa shape index (κ3) is 2.42. The molecule has 0 fully saturated rings. The second kappa shape index (κ2) is 5.71. The Bertz CT molecular complexity index is 909. The molecule has 24 heavy (non-hydrogen) atoms. The lowest BCUT2D eigenvalue weighted by atomic mass is 9.98. The maximum atomic E-state index is 4.76. The first-order valence-corrected chi connectivity index (χ1v) is 9.37. The predicted molar refractivity (Wildman–Crippen MR) is 102 cm³/mol. The number of aromatic nitrogens is 2. The molecule has 1 aliphatic rings. The van der Waals surface area contributed by atoms with Crippen LogP contribution in [-0.2, 0) is 0 Å². The first kappa shape index (κ1) is 15.3. The number of hydrogen-bond donors (Lipinski definition) is 1. The van der Waals surface area contributed by atoms with Crippen molar-refractivity contribution in [2.75, 3.05) is 11.6 Å². The standard InChI is InChI=1S/C20H21N3S/c1-12-9-13(2)19-17(10-12)18-11-14(3)22-23(18)20(21-19)15-5-7-16(24-4)8-6-15/h5-11,20-21H,1-4H3/t20-/m1/s1. The summed E-state index contributed by atoms with van der Waals surface area (Å²) < 4.78 is 2.12. The van der Waals surface area contributed by atoms with Gasteiger partial charge >= 0.3 is 0 Å². The van der Waals surface area contributed by atoms with E-state index in [9.17, 15) is 0 Å². The van der Waals surface area contributed by atoms with Crippen molar-refractivity contribution in [3.63, 3.8) is 0 Å². The molecule has 0 radical (unpaired) electrons. The zero-order chi connectivity index (χ0) is 16.8. The van der Waals surface area contributed by atoms with Crippen molar-refractivity contribution in [1.29, 1.82) is 0 Å². The largest absolute Gasteiger partial charge is 0.359 e. The molecule has 4 rings (SSSR count). The van der Waals surface area contributed by atoms with Crippen LogP contribution in [0.3, 0.4) is 0 Å². The van der Waals surface area contributed by atoms with E-state index in [0.717, 1.165) is 5.69 Å². The van der Waals surface area contributed by atoms with Crippen LogP contribution in [0.4, 0.5) is 5.69 Å². The molecule has 0 bridgehead atoms. The molecule has 2 aromatic carbocycles. The van der Waals surface area contributed by atoms with Gasteiger partial charge in [0, 0.05) is 16.1 Å². The van der Waals surface area contributed by atoms with Crippen LogP contribution in [0, 0.1) is 20.8 Å². The molecule has 1 N–H and O–H groups in total. The number of nitrogens with one attached hydrogen (secondary N) is 1. The van der Waals surface area contributed by atoms with Crippen molar-refractivity contribution in [3.8, 4) is 11.3 Å². The van der Waals surface area contributed by atoms with Gasteiger partial charge in [-0.25, -0.2) is 4.68 Å². The summed E-state index contributed by atoms with van der Waals surface area (Å²) in [5.74, 6) is 0. The van der Waals surface area contributed by atoms with E-state index in [2.05, 4.69) is 79.5 Å². The minimum Gasteiger partial charge on any atom is -0.359 e. The summed E-state index contributed by atoms with van der Waals surface area (Å²) in [6.45, 7) is 6.38. The summed E-state index contributed by atoms with van der Waals surface area (Å²) in [7, 11) is 0. The number of aryl methyl sites for hydroxylation is 3. The second-order valence-corrected chi connectivity index (χ2v) is 7.32. The van der Waals surface area contributed by atoms with Crippen LogP contribution in [-0.4, -0.2) is 16.0 Å². The highest BCUT2D eigenvalue weighted by molar-refractivity contribution is 7.98. The van der Waals surface area contributed by atoms with Crippen LogP contribution in [0.2, 0.25) is 0 Å². The molecule has 3 nitrogen and oxygen atoms in total. The van der Waals surface area contributed by atoms with Gasteiger partial charge in [0.1, 0.15) is 6.17 Å². The van der Waals surface area contributed by atoms with Crippen LogP contribution in [0.1, 0.15) is 28.6 Å². The van der Waals surface area contributed by atoms with Crippen molar-refractivity contribution < 1.29 is 0 Å². The quantitative estimate of drug-likeness (QED) is 0.655. The summed E-state index contributed by atoms with van der Waals surface area (Å²) in [5, 5.41) is 8.47. The fraction of sp³-hybridized carbons (Fsp3) is 0.250. The Morgan fingerprint density at radius 2 is 1.79 bits per heavy atom. The van der Waals surface area contributed by atoms with Gasteiger partial charge in [-0.2, -0.15) is 5.10 Å². The Morgan fingerprint density at radius 1 is 1.04 bits per heavy atom. The van der Waals surface area contributed by atoms with E-state index in [1.165, 1.54) is 38.5 Å². The third-order valence-corrected chi connectivity index (χ3v) is 5.31. The third-order valence-electron chi connectivity index (χ3n) is 4.57. The lowest BCUT2D eigenvalue weighted by Gasteiger charge is -2.30. The predicted octanol–water partition coefficient (Wildman–Crippen LogP) is 5.17. The smallest absolute Gasteiger partial charge is 0.147 e. The molecule has 0 aliphatic carbocycles. The Morgan fingerprint density at radius 3 is 2.50 bits per heavy atom. The van der Waals surface area contributed by atoms with Gasteiger partial charge in [0.05, 0.1) is 11.4 Å². The number of anilines is 1. The lowest BCUT2D eigenvalue weighted by molar-refractivity contribution is 0.570. The molecular weight excluding hydrogens is 314 g/mol. The van der Waals surface area contributed by atoms with Gasteiger partial charge in [0.2, 0.25) is 0 Å². The van der Waals surface area contributed by atoms with E-state index >= 15 is 0 Å². The van der Waals surface area contributed by atoms with E-state index in [1.54, 1.807) is 11.8 Å². The zero-order valence-corrected chi connectivity index (χ0v) is 15.2. The monoisotopic (exact) mass is 335 g/mol. The highest BCUT2D eigenvalue weighted by Gasteiger charge is 2.27. The summed E-state index contributed by atoms with van der Waals surface area (Å²) in [5.41, 5.74) is 8.47. The molecule has 1 aromatic heterocycles. The van der Waals surface area contributed by atoms with E-state index in [1.807, 2.05) is 0 Å². The topological polar surface area (TPSA) is 29.9 Å². The van der Waals surface area contributed by atoms with Crippen molar-refractivity contribution in [1.82, 2.24) is 9.78 Å². The molecule has 0 amide bonds. The maximum Gasteiger partial charge on any atom is 0.147 e. The van der Waals surface area contributed by atoms with Crippen molar-refractivity contribution >= 4 is 17.4 Å². The van der Waals surface area contributed by atoms with Crippen LogP contribution in [0.25, 0.3) is 11.3 Å². The molecule has 3 aromatic rings. The van der Waals surface area contributed by atoms with Gasteiger partial charge in [0.15, 0.2) is 0 Å². The van der Waals surface area contributed by atoms with Gasteiger partial charge in [0.25, 0.3) is 0 Å². The summed E-state index contributed by atoms with van der Waals surface area (Å²) in [6, 6.07) is 15.4. The van der Waals surface area contributed by atoms with Gasteiger partial charge in [-0.05, 0) is 62.4 Å². The molecule has 1 atom stereocenters. The molecule has 0 unspecified atom stereocenters. The number of nitrogens with zero attached hydrogens (tertiary/aromatic N) is 2. The Hall–Kier alpha value is -2.20. The summed E-state index contributed by atoms with van der Waals surface area (Å²) in [4.78, 5) is 1.28. The van der Waals surface area contributed by atoms with E-state index in [-0.39, 0.29) is 6.17 Å². The lowest BCUT2D eigenvalue weighted by Crippen LogP contribution is -2.26. The number of rotatable bonds is 2. The van der Waals surface area contributed by atoms with Crippen LogP contribution in [0.5, 0.6) is 0 Å². The Labute approximate surface area is 147 Å². The van der Waals surface area contributed by atoms with Crippen LogP contribution < -0.4 is 5.32 Å². The Balaban J connectivity index is 1.88. The first-order chi connectivity index (χ1) is 11.6. The average molecular weight is 335 g/mol. The fourth-order valence-corrected chi connectivity index (χ4v) is 3.89.